The maximum absolute atomic E-state index is 11.1. The number of allylic oxidation sites excluding steroid dienone is 1. The molecule has 0 saturated heterocycles. The van der Waals surface area contributed by atoms with Crippen molar-refractivity contribution < 1.29 is 4.79 Å². The monoisotopic (exact) mass is 229 g/mol. The van der Waals surface area contributed by atoms with E-state index in [9.17, 15) is 4.79 Å². The van der Waals surface area contributed by atoms with Crippen molar-refractivity contribution in [2.75, 3.05) is 12.3 Å². The summed E-state index contributed by atoms with van der Waals surface area (Å²) in [5, 5.41) is 2.74. The summed E-state index contributed by atoms with van der Waals surface area (Å²) in [5.74, 6) is 0.689. The number of carbonyl (C=O) groups is 1. The summed E-state index contributed by atoms with van der Waals surface area (Å²) >= 11 is 4.01. The van der Waals surface area contributed by atoms with Crippen LogP contribution < -0.4 is 5.32 Å². The van der Waals surface area contributed by atoms with E-state index in [0.29, 0.717) is 12.3 Å². The van der Waals surface area contributed by atoms with Gasteiger partial charge in [-0.2, -0.15) is 12.6 Å². The molecule has 0 aromatic heterocycles. The Kier molecular flexibility index (Phi) is 11.3. The van der Waals surface area contributed by atoms with E-state index < -0.39 is 0 Å². The Morgan fingerprint density at radius 2 is 2.00 bits per heavy atom. The van der Waals surface area contributed by atoms with Gasteiger partial charge in [-0.1, -0.05) is 38.7 Å². The largest absolute Gasteiger partial charge is 0.352 e. The van der Waals surface area contributed by atoms with Gasteiger partial charge in [0.25, 0.3) is 0 Å². The van der Waals surface area contributed by atoms with Gasteiger partial charge in [0.2, 0.25) is 5.91 Å². The lowest BCUT2D eigenvalue weighted by Crippen LogP contribution is -2.22. The van der Waals surface area contributed by atoms with Gasteiger partial charge in [0.1, 0.15) is 0 Å². The highest BCUT2D eigenvalue weighted by atomic mass is 32.1. The van der Waals surface area contributed by atoms with Gasteiger partial charge in [0.15, 0.2) is 0 Å². The summed E-state index contributed by atoms with van der Waals surface area (Å²) in [7, 11) is 0. The van der Waals surface area contributed by atoms with Crippen molar-refractivity contribution in [3.8, 4) is 0 Å². The van der Waals surface area contributed by atoms with Crippen molar-refractivity contribution in [2.24, 2.45) is 0 Å². The van der Waals surface area contributed by atoms with Gasteiger partial charge < -0.3 is 5.32 Å². The Bertz CT molecular complexity index is 180. The third kappa shape index (κ3) is 11.5. The smallest absolute Gasteiger partial charge is 0.243 e. The van der Waals surface area contributed by atoms with E-state index in [4.69, 9.17) is 0 Å². The quantitative estimate of drug-likeness (QED) is 0.355. The number of carbonyl (C=O) groups excluding carboxylic acids is 1. The van der Waals surface area contributed by atoms with Crippen LogP contribution in [0.15, 0.2) is 12.2 Å². The van der Waals surface area contributed by atoms with Crippen molar-refractivity contribution in [1.82, 2.24) is 5.32 Å². The molecule has 0 saturated carbocycles. The fourth-order valence-corrected chi connectivity index (χ4v) is 1.41. The Morgan fingerprint density at radius 1 is 1.27 bits per heavy atom. The van der Waals surface area contributed by atoms with E-state index >= 15 is 0 Å². The minimum atomic E-state index is -0.00221. The number of nitrogens with one attached hydrogen (secondary N) is 1. The molecule has 15 heavy (non-hydrogen) atoms. The minimum Gasteiger partial charge on any atom is -0.352 e. The molecule has 0 unspecified atom stereocenters. The zero-order valence-electron chi connectivity index (χ0n) is 9.67. The van der Waals surface area contributed by atoms with Gasteiger partial charge in [0.05, 0.1) is 0 Å². The average Bonchev–Trinajstić information content (AvgIpc) is 2.25. The lowest BCUT2D eigenvalue weighted by Gasteiger charge is -1.98. The van der Waals surface area contributed by atoms with Crippen LogP contribution >= 0.6 is 12.6 Å². The van der Waals surface area contributed by atoms with Crippen LogP contribution in [0, 0.1) is 0 Å². The molecule has 0 aliphatic carbocycles. The van der Waals surface area contributed by atoms with Crippen molar-refractivity contribution in [1.29, 1.82) is 0 Å². The number of amides is 1. The van der Waals surface area contributed by atoms with Gasteiger partial charge >= 0.3 is 0 Å². The third-order valence-electron chi connectivity index (χ3n) is 2.15. The summed E-state index contributed by atoms with van der Waals surface area (Å²) in [6, 6.07) is 0. The Labute approximate surface area is 98.9 Å². The molecular formula is C12H23NOS. The Morgan fingerprint density at radius 3 is 2.67 bits per heavy atom. The van der Waals surface area contributed by atoms with E-state index in [1.165, 1.54) is 32.1 Å². The lowest BCUT2D eigenvalue weighted by molar-refractivity contribution is -0.116. The second-order valence-electron chi connectivity index (χ2n) is 3.62. The van der Waals surface area contributed by atoms with Crippen LogP contribution in [0.3, 0.4) is 0 Å². The fourth-order valence-electron chi connectivity index (χ4n) is 1.29. The van der Waals surface area contributed by atoms with Crippen LogP contribution in [0.2, 0.25) is 0 Å². The summed E-state index contributed by atoms with van der Waals surface area (Å²) in [4.78, 5) is 11.1. The van der Waals surface area contributed by atoms with Crippen LogP contribution in [0.1, 0.15) is 45.4 Å². The molecule has 3 heteroatoms. The van der Waals surface area contributed by atoms with Crippen molar-refractivity contribution >= 4 is 18.5 Å². The van der Waals surface area contributed by atoms with Gasteiger partial charge in [-0.15, -0.1) is 0 Å². The standard InChI is InChI=1S/C12H23NOS/c1-2-3-4-5-6-7-8-9-12(14)13-10-11-15/h8-9,15H,2-7,10-11H2,1H3,(H,13,14). The van der Waals surface area contributed by atoms with Crippen LogP contribution in [0.5, 0.6) is 0 Å². The molecule has 0 spiro atoms. The summed E-state index contributed by atoms with van der Waals surface area (Å²) in [5.41, 5.74) is 0. The molecule has 0 aromatic rings. The highest BCUT2D eigenvalue weighted by molar-refractivity contribution is 7.80. The van der Waals surface area contributed by atoms with E-state index in [0.717, 1.165) is 6.42 Å². The van der Waals surface area contributed by atoms with Gasteiger partial charge in [-0.3, -0.25) is 4.79 Å². The first kappa shape index (κ1) is 14.6. The van der Waals surface area contributed by atoms with Gasteiger partial charge in [0, 0.05) is 12.3 Å². The van der Waals surface area contributed by atoms with E-state index in [1.54, 1.807) is 6.08 Å². The highest BCUT2D eigenvalue weighted by Gasteiger charge is 1.91. The second kappa shape index (κ2) is 11.6. The third-order valence-corrected chi connectivity index (χ3v) is 2.38. The van der Waals surface area contributed by atoms with Crippen LogP contribution in [-0.2, 0) is 4.79 Å². The van der Waals surface area contributed by atoms with E-state index in [2.05, 4.69) is 24.9 Å². The SMILES string of the molecule is CCCCCCCC=CC(=O)NCCS. The molecule has 0 aromatic carbocycles. The first-order valence-corrected chi connectivity index (χ1v) is 6.49. The van der Waals surface area contributed by atoms with Crippen molar-refractivity contribution in [2.45, 2.75) is 45.4 Å². The number of hydrogen-bond donors (Lipinski definition) is 2. The van der Waals surface area contributed by atoms with E-state index in [1.807, 2.05) is 6.08 Å². The Hall–Kier alpha value is -0.440. The zero-order chi connectivity index (χ0) is 11.4. The number of rotatable bonds is 9. The van der Waals surface area contributed by atoms with Crippen LogP contribution in [0.4, 0.5) is 0 Å². The van der Waals surface area contributed by atoms with Crippen LogP contribution in [0.25, 0.3) is 0 Å². The maximum atomic E-state index is 11.1. The molecule has 1 amide bonds. The van der Waals surface area contributed by atoms with Gasteiger partial charge in [-0.05, 0) is 18.9 Å². The predicted octanol–water partition coefficient (Wildman–Crippen LogP) is 2.95. The molecule has 0 atom stereocenters. The summed E-state index contributed by atoms with van der Waals surface area (Å²) in [6.45, 7) is 2.86. The molecule has 2 nitrogen and oxygen atoms in total. The normalized spacial score (nSPS) is 10.8. The minimum absolute atomic E-state index is 0.00221. The van der Waals surface area contributed by atoms with Crippen molar-refractivity contribution in [3.05, 3.63) is 12.2 Å². The predicted molar refractivity (Wildman–Crippen MR) is 69.4 cm³/mol. The summed E-state index contributed by atoms with van der Waals surface area (Å²) in [6.07, 6.45) is 11.0. The zero-order valence-corrected chi connectivity index (χ0v) is 10.6. The second-order valence-corrected chi connectivity index (χ2v) is 4.07. The Balaban J connectivity index is 3.26. The summed E-state index contributed by atoms with van der Waals surface area (Å²) < 4.78 is 0. The molecule has 0 bridgehead atoms. The van der Waals surface area contributed by atoms with Crippen LogP contribution in [-0.4, -0.2) is 18.2 Å². The molecule has 88 valence electrons. The molecule has 0 aliphatic heterocycles. The average molecular weight is 229 g/mol. The molecule has 0 aliphatic rings. The highest BCUT2D eigenvalue weighted by Crippen LogP contribution is 2.04. The van der Waals surface area contributed by atoms with Crippen molar-refractivity contribution in [3.63, 3.8) is 0 Å². The number of hydrogen-bond acceptors (Lipinski definition) is 2. The molecule has 0 rings (SSSR count). The molecule has 0 radical (unpaired) electrons. The number of unbranched alkanes of at least 4 members (excludes halogenated alkanes) is 5. The molecule has 1 N–H and O–H groups in total. The first-order valence-electron chi connectivity index (χ1n) is 5.86. The first-order chi connectivity index (χ1) is 7.31. The number of thiol groups is 1. The molecule has 0 heterocycles. The topological polar surface area (TPSA) is 29.1 Å². The molecule has 0 fully saturated rings. The molecular weight excluding hydrogens is 206 g/mol. The fraction of sp³-hybridized carbons (Fsp3) is 0.750. The van der Waals surface area contributed by atoms with E-state index in [-0.39, 0.29) is 5.91 Å². The van der Waals surface area contributed by atoms with Gasteiger partial charge in [-0.25, -0.2) is 0 Å². The lowest BCUT2D eigenvalue weighted by atomic mass is 10.1. The maximum Gasteiger partial charge on any atom is 0.243 e.